The number of hydrogen-bond acceptors (Lipinski definition) is 6. The molecule has 0 bridgehead atoms. The van der Waals surface area contributed by atoms with Gasteiger partial charge in [-0.15, -0.1) is 0 Å². The van der Waals surface area contributed by atoms with Gasteiger partial charge in [-0.05, 0) is 0 Å². The van der Waals surface area contributed by atoms with Gasteiger partial charge in [-0.1, -0.05) is 10.4 Å². The molecule has 1 unspecified atom stereocenters. The molecule has 0 aromatic carbocycles. The minimum atomic E-state index is -2.92. The van der Waals surface area contributed by atoms with Gasteiger partial charge in [0.1, 0.15) is 0 Å². The van der Waals surface area contributed by atoms with Crippen molar-refractivity contribution in [2.45, 2.75) is 0 Å². The Labute approximate surface area is 68.9 Å². The molecule has 8 nitrogen and oxygen atoms in total. The topological polar surface area (TPSA) is 117 Å². The highest BCUT2D eigenvalue weighted by atomic mass is 32.2. The standard InChI is InChI=1S/C2H2N2O6S2/c5-4-2(12(8)9)1(3-10-4)11(6)7/h3-4H. The van der Waals surface area contributed by atoms with Crippen molar-refractivity contribution in [1.29, 1.82) is 0 Å². The largest absolute Gasteiger partial charge is 0.592 e. The van der Waals surface area contributed by atoms with Gasteiger partial charge in [-0.2, -0.15) is 22.1 Å². The minimum Gasteiger partial charge on any atom is -0.592 e. The van der Waals surface area contributed by atoms with Crippen LogP contribution in [0.3, 0.4) is 0 Å². The van der Waals surface area contributed by atoms with Crippen molar-refractivity contribution in [3.8, 4) is 0 Å². The molecular formula is C2H2N2O6S2. The predicted octanol–water partition coefficient (Wildman–Crippen LogP) is -4.16. The van der Waals surface area contributed by atoms with Crippen molar-refractivity contribution in [1.82, 2.24) is 5.48 Å². The van der Waals surface area contributed by atoms with E-state index in [4.69, 9.17) is 0 Å². The molecule has 10 heteroatoms. The van der Waals surface area contributed by atoms with E-state index in [1.165, 1.54) is 0 Å². The summed E-state index contributed by atoms with van der Waals surface area (Å²) < 4.78 is 41.0. The molecule has 2 N–H and O–H groups in total. The third kappa shape index (κ3) is 1.52. The van der Waals surface area contributed by atoms with Gasteiger partial charge in [0.2, 0.25) is 15.3 Å². The zero-order valence-electron chi connectivity index (χ0n) is 5.27. The van der Waals surface area contributed by atoms with Crippen molar-refractivity contribution < 1.29 is 27.0 Å². The molecule has 1 heterocycles. The zero-order valence-corrected chi connectivity index (χ0v) is 6.90. The lowest BCUT2D eigenvalue weighted by atomic mass is 10.7. The summed E-state index contributed by atoms with van der Waals surface area (Å²) >= 11 is 0. The third-order valence-electron chi connectivity index (χ3n) is 0.961. The molecule has 0 saturated carbocycles. The fourth-order valence-electron chi connectivity index (χ4n) is 0.532. The molecule has 68 valence electrons. The van der Waals surface area contributed by atoms with Gasteiger partial charge in [-0.25, -0.2) is 0 Å². The quantitative estimate of drug-likeness (QED) is 0.310. The third-order valence-corrected chi connectivity index (χ3v) is 2.42. The number of nitrogens with one attached hydrogen (secondary N) is 2. The first-order valence-electron chi connectivity index (χ1n) is 2.44. The first-order valence-corrected chi connectivity index (χ1v) is 4.59. The monoisotopic (exact) mass is 214 g/mol. The van der Waals surface area contributed by atoms with Crippen LogP contribution in [0.2, 0.25) is 0 Å². The predicted molar refractivity (Wildman–Crippen MR) is 36.4 cm³/mol. The molecule has 0 aromatic heterocycles. The highest BCUT2D eigenvalue weighted by molar-refractivity contribution is 7.81. The average molecular weight is 214 g/mol. The molecule has 1 atom stereocenters. The van der Waals surface area contributed by atoms with Crippen LogP contribution in [0.15, 0.2) is 0 Å². The van der Waals surface area contributed by atoms with Crippen LogP contribution in [0.4, 0.5) is 0 Å². The molecular weight excluding hydrogens is 212 g/mol. The summed E-state index contributed by atoms with van der Waals surface area (Å²) in [5.74, 6) is 0. The van der Waals surface area contributed by atoms with Crippen molar-refractivity contribution in [2.75, 3.05) is 0 Å². The van der Waals surface area contributed by atoms with Crippen LogP contribution < -0.4 is 10.7 Å². The lowest BCUT2D eigenvalue weighted by Gasteiger charge is -2.04. The maximum atomic E-state index is 10.5. The van der Waals surface area contributed by atoms with Gasteiger partial charge < -0.3 is 5.21 Å². The van der Waals surface area contributed by atoms with Crippen LogP contribution in [-0.2, 0) is 25.5 Å². The van der Waals surface area contributed by atoms with Crippen LogP contribution in [0.25, 0.3) is 0 Å². The van der Waals surface area contributed by atoms with Gasteiger partial charge in [-0.3, -0.25) is 0 Å². The van der Waals surface area contributed by atoms with E-state index >= 15 is 0 Å². The Hall–Kier alpha value is -0.780. The molecule has 1 rings (SSSR count). The van der Waals surface area contributed by atoms with Crippen LogP contribution >= 0.6 is 0 Å². The molecule has 1 saturated heterocycles. The number of rotatable bonds is 0. The summed E-state index contributed by atoms with van der Waals surface area (Å²) in [5, 5.41) is 9.29. The second-order valence-corrected chi connectivity index (χ2v) is 3.37. The van der Waals surface area contributed by atoms with Gasteiger partial charge in [0.05, 0.1) is 0 Å². The fourth-order valence-corrected chi connectivity index (χ4v) is 1.65. The molecule has 0 radical (unpaired) electrons. The van der Waals surface area contributed by atoms with Crippen LogP contribution in [0.5, 0.6) is 0 Å². The van der Waals surface area contributed by atoms with E-state index in [1.54, 1.807) is 5.48 Å². The van der Waals surface area contributed by atoms with E-state index in [0.717, 1.165) is 0 Å². The fraction of sp³-hybridized carbons (Fsp3) is 0. The molecule has 12 heavy (non-hydrogen) atoms. The van der Waals surface area contributed by atoms with E-state index in [1.807, 2.05) is 0 Å². The number of hydrogen-bond donors (Lipinski definition) is 2. The summed E-state index contributed by atoms with van der Waals surface area (Å²) in [6.45, 7) is 0. The average Bonchev–Trinajstić information content (AvgIpc) is 2.30. The molecule has 0 aliphatic carbocycles. The molecule has 1 aliphatic heterocycles. The summed E-state index contributed by atoms with van der Waals surface area (Å²) in [6, 6.07) is 0. The summed E-state index contributed by atoms with van der Waals surface area (Å²) in [4.78, 5) is 2.27. The Morgan fingerprint density at radius 1 is 1.25 bits per heavy atom. The van der Waals surface area contributed by atoms with Crippen LogP contribution in [0.1, 0.15) is 0 Å². The molecule has 0 spiro atoms. The van der Waals surface area contributed by atoms with Gasteiger partial charge in [0.15, 0.2) is 0 Å². The second-order valence-electron chi connectivity index (χ2n) is 1.62. The molecule has 0 amide bonds. The van der Waals surface area contributed by atoms with E-state index in [-0.39, 0.29) is 0 Å². The maximum Gasteiger partial charge on any atom is 0.321 e. The van der Waals surface area contributed by atoms with Crippen molar-refractivity contribution in [3.63, 3.8) is 0 Å². The Balaban J connectivity index is 3.51. The highest BCUT2D eigenvalue weighted by Gasteiger charge is 2.31. The van der Waals surface area contributed by atoms with E-state index in [0.29, 0.717) is 0 Å². The Morgan fingerprint density at radius 3 is 2.17 bits per heavy atom. The SMILES string of the molecule is O=S(=O)=C1NO[NH+]([O-])C1=S(=O)=O. The Bertz CT molecular complexity index is 440. The summed E-state index contributed by atoms with van der Waals surface area (Å²) in [7, 11) is -5.75. The van der Waals surface area contributed by atoms with Crippen molar-refractivity contribution in [2.24, 2.45) is 0 Å². The number of hydroxylamine groups is 3. The van der Waals surface area contributed by atoms with E-state index in [9.17, 15) is 22.0 Å². The molecule has 1 fully saturated rings. The Morgan fingerprint density at radius 2 is 1.83 bits per heavy atom. The summed E-state index contributed by atoms with van der Waals surface area (Å²) in [6.07, 6.45) is 0. The lowest BCUT2D eigenvalue weighted by molar-refractivity contribution is -0.973. The van der Waals surface area contributed by atoms with Crippen molar-refractivity contribution in [3.05, 3.63) is 5.21 Å². The first-order chi connectivity index (χ1) is 5.54. The van der Waals surface area contributed by atoms with Crippen LogP contribution in [0, 0.1) is 5.21 Å². The maximum absolute atomic E-state index is 10.5. The Kier molecular flexibility index (Phi) is 2.56. The van der Waals surface area contributed by atoms with Crippen molar-refractivity contribution >= 4 is 30.6 Å². The highest BCUT2D eigenvalue weighted by Crippen LogP contribution is 1.74. The second kappa shape index (κ2) is 3.30. The minimum absolute atomic E-state index is 0.770. The normalized spacial score (nSPS) is 22.9. The van der Waals surface area contributed by atoms with Gasteiger partial charge >= 0.3 is 4.99 Å². The first kappa shape index (κ1) is 9.31. The lowest BCUT2D eigenvalue weighted by Crippen LogP contribution is -3.07. The van der Waals surface area contributed by atoms with Gasteiger partial charge in [0, 0.05) is 0 Å². The van der Waals surface area contributed by atoms with Gasteiger partial charge in [0.25, 0.3) is 10.3 Å². The summed E-state index contributed by atoms with van der Waals surface area (Å²) in [5.41, 5.74) is 1.66. The smallest absolute Gasteiger partial charge is 0.321 e. The van der Waals surface area contributed by atoms with E-state index in [2.05, 4.69) is 4.94 Å². The number of quaternary nitrogens is 1. The molecule has 1 aliphatic rings. The van der Waals surface area contributed by atoms with E-state index < -0.39 is 35.8 Å². The molecule has 0 aromatic rings. The zero-order chi connectivity index (χ0) is 9.30. The van der Waals surface area contributed by atoms with Crippen LogP contribution in [-0.4, -0.2) is 26.8 Å².